The Kier molecular flexibility index (Phi) is 5.23. The predicted octanol–water partition coefficient (Wildman–Crippen LogP) is 5.91. The van der Waals surface area contributed by atoms with Gasteiger partial charge in [-0.25, -0.2) is 4.79 Å². The number of carboxylic acid groups (broad SMARTS) is 1. The van der Waals surface area contributed by atoms with Gasteiger partial charge in [-0.2, -0.15) is 0 Å². The number of aromatic nitrogens is 1. The molecule has 5 rings (SSSR count). The van der Waals surface area contributed by atoms with Crippen molar-refractivity contribution in [1.29, 1.82) is 0 Å². The maximum atomic E-state index is 12.7. The number of anilines is 1. The minimum atomic E-state index is -1.04. The van der Waals surface area contributed by atoms with Crippen LogP contribution in [0.1, 0.15) is 21.6 Å². The van der Waals surface area contributed by atoms with Crippen LogP contribution in [-0.2, 0) is 11.8 Å². The van der Waals surface area contributed by atoms with Crippen molar-refractivity contribution in [3.63, 3.8) is 0 Å². The average molecular weight is 471 g/mol. The molecular formula is C27H19ClN2O4. The molecule has 0 spiro atoms. The number of phenolic OH excluding ortho intramolecular Hbond substituents is 1. The number of aromatic carboxylic acids is 1. The third-order valence-corrected chi connectivity index (χ3v) is 6.17. The highest BCUT2D eigenvalue weighted by Gasteiger charge is 2.26. The summed E-state index contributed by atoms with van der Waals surface area (Å²) in [5, 5.41) is 22.7. The molecule has 0 atom stereocenters. The number of nitrogens with one attached hydrogen (secondary N) is 1. The van der Waals surface area contributed by atoms with E-state index in [1.54, 1.807) is 37.5 Å². The van der Waals surface area contributed by atoms with Crippen LogP contribution < -0.4 is 5.32 Å². The number of aryl methyl sites for hydroxylation is 1. The van der Waals surface area contributed by atoms with Gasteiger partial charge in [0.25, 0.3) is 5.91 Å². The number of nitrogens with zero attached hydrogens (tertiary/aromatic N) is 1. The Balaban J connectivity index is 1.54. The summed E-state index contributed by atoms with van der Waals surface area (Å²) < 4.78 is 1.50. The molecular weight excluding hydrogens is 452 g/mol. The summed E-state index contributed by atoms with van der Waals surface area (Å²) in [6.07, 6.45) is 3.34. The van der Waals surface area contributed by atoms with E-state index >= 15 is 0 Å². The lowest BCUT2D eigenvalue weighted by Gasteiger charge is -2.10. The normalized spacial score (nSPS) is 13.7. The molecule has 0 bridgehead atoms. The predicted molar refractivity (Wildman–Crippen MR) is 133 cm³/mol. The number of aromatic hydroxyl groups is 1. The molecule has 168 valence electrons. The van der Waals surface area contributed by atoms with E-state index in [9.17, 15) is 19.8 Å². The number of fused-ring (bicyclic) bond motifs is 1. The second kappa shape index (κ2) is 8.24. The van der Waals surface area contributed by atoms with Gasteiger partial charge in [-0.1, -0.05) is 54.1 Å². The monoisotopic (exact) mass is 470 g/mol. The second-order valence-electron chi connectivity index (χ2n) is 8.06. The number of hydrogen-bond acceptors (Lipinski definition) is 3. The third-order valence-electron chi connectivity index (χ3n) is 5.86. The van der Waals surface area contributed by atoms with Gasteiger partial charge in [0.15, 0.2) is 0 Å². The lowest BCUT2D eigenvalue weighted by molar-refractivity contribution is -0.110. The highest BCUT2D eigenvalue weighted by molar-refractivity contribution is 6.38. The van der Waals surface area contributed by atoms with Gasteiger partial charge < -0.3 is 20.1 Å². The highest BCUT2D eigenvalue weighted by Crippen LogP contribution is 2.41. The van der Waals surface area contributed by atoms with Crippen LogP contribution in [0.2, 0.25) is 5.02 Å². The molecule has 1 aliphatic rings. The summed E-state index contributed by atoms with van der Waals surface area (Å²) in [6.45, 7) is 0. The highest BCUT2D eigenvalue weighted by atomic mass is 35.5. The van der Waals surface area contributed by atoms with Crippen LogP contribution in [-0.4, -0.2) is 26.7 Å². The van der Waals surface area contributed by atoms with Crippen molar-refractivity contribution < 1.29 is 19.8 Å². The van der Waals surface area contributed by atoms with E-state index in [-0.39, 0.29) is 17.4 Å². The number of phenols is 1. The van der Waals surface area contributed by atoms with Gasteiger partial charge in [-0.3, -0.25) is 4.79 Å². The number of rotatable bonds is 4. The number of para-hydroxylation sites is 1. The van der Waals surface area contributed by atoms with Gasteiger partial charge >= 0.3 is 5.97 Å². The van der Waals surface area contributed by atoms with E-state index in [1.165, 1.54) is 10.6 Å². The van der Waals surface area contributed by atoms with Crippen molar-refractivity contribution >= 4 is 40.8 Å². The molecule has 0 aliphatic carbocycles. The maximum Gasteiger partial charge on any atom is 0.352 e. The van der Waals surface area contributed by atoms with Crippen molar-refractivity contribution in [1.82, 2.24) is 4.57 Å². The molecule has 3 N–H and O–H groups in total. The van der Waals surface area contributed by atoms with Gasteiger partial charge in [0, 0.05) is 35.5 Å². The molecule has 1 amide bonds. The molecule has 0 fully saturated rings. The molecule has 1 aliphatic heterocycles. The van der Waals surface area contributed by atoms with Crippen LogP contribution in [0, 0.1) is 0 Å². The van der Waals surface area contributed by atoms with E-state index in [2.05, 4.69) is 5.32 Å². The van der Waals surface area contributed by atoms with Gasteiger partial charge in [-0.05, 0) is 47.0 Å². The van der Waals surface area contributed by atoms with Crippen molar-refractivity contribution in [2.75, 3.05) is 5.32 Å². The Morgan fingerprint density at radius 2 is 1.65 bits per heavy atom. The first-order valence-corrected chi connectivity index (χ1v) is 10.8. The molecule has 0 radical (unpaired) electrons. The number of halogens is 1. The summed E-state index contributed by atoms with van der Waals surface area (Å²) in [6, 6.07) is 19.9. The second-order valence-corrected chi connectivity index (χ2v) is 8.47. The number of carboxylic acids is 1. The van der Waals surface area contributed by atoms with Crippen LogP contribution >= 0.6 is 11.6 Å². The topological polar surface area (TPSA) is 91.6 Å². The van der Waals surface area contributed by atoms with Crippen molar-refractivity contribution in [3.8, 4) is 28.0 Å². The van der Waals surface area contributed by atoms with Gasteiger partial charge in [0.1, 0.15) is 11.4 Å². The van der Waals surface area contributed by atoms with E-state index in [1.807, 2.05) is 42.5 Å². The van der Waals surface area contributed by atoms with Gasteiger partial charge in [0.05, 0.1) is 10.7 Å². The molecule has 2 heterocycles. The molecule has 0 unspecified atom stereocenters. The van der Waals surface area contributed by atoms with Gasteiger partial charge in [-0.15, -0.1) is 0 Å². The molecule has 3 aromatic carbocycles. The summed E-state index contributed by atoms with van der Waals surface area (Å²) >= 11 is 6.56. The Labute approximate surface area is 200 Å². The first kappa shape index (κ1) is 21.6. The third kappa shape index (κ3) is 3.74. The number of carbonyl (C=O) groups is 2. The van der Waals surface area contributed by atoms with Crippen LogP contribution in [0.4, 0.5) is 5.69 Å². The fourth-order valence-corrected chi connectivity index (χ4v) is 4.44. The quantitative estimate of drug-likeness (QED) is 0.323. The minimum Gasteiger partial charge on any atom is -0.507 e. The number of carbonyl (C=O) groups excluding carboxylic acids is 1. The van der Waals surface area contributed by atoms with E-state index in [0.29, 0.717) is 27.4 Å². The Morgan fingerprint density at radius 3 is 2.29 bits per heavy atom. The van der Waals surface area contributed by atoms with Crippen LogP contribution in [0.5, 0.6) is 5.75 Å². The van der Waals surface area contributed by atoms with E-state index < -0.39 is 5.97 Å². The number of amides is 1. The van der Waals surface area contributed by atoms with E-state index in [4.69, 9.17) is 11.6 Å². The molecule has 7 heteroatoms. The lowest BCUT2D eigenvalue weighted by atomic mass is 9.96. The molecule has 0 saturated heterocycles. The molecule has 0 saturated carbocycles. The zero-order chi connectivity index (χ0) is 24.0. The minimum absolute atomic E-state index is 0.131. The van der Waals surface area contributed by atoms with Crippen LogP contribution in [0.3, 0.4) is 0 Å². The first-order valence-electron chi connectivity index (χ1n) is 10.5. The summed E-state index contributed by atoms with van der Waals surface area (Å²) in [4.78, 5) is 24.0. The standard InChI is InChI=1S/C27H19ClN2O4/c1-30-14-15(11-24(30)27(33)34)10-21-20-12-19(22(28)13-23(20)29-26(21)32)17-8-6-16(7-9-17)18-4-2-3-5-25(18)31/h2-14,31H,1H3,(H,29,32)(H,33,34)/b21-10-. The molecule has 6 nitrogen and oxygen atoms in total. The van der Waals surface area contributed by atoms with Crippen molar-refractivity contribution in [3.05, 3.63) is 94.8 Å². The Morgan fingerprint density at radius 1 is 0.971 bits per heavy atom. The van der Waals surface area contributed by atoms with E-state index in [0.717, 1.165) is 22.3 Å². The lowest BCUT2D eigenvalue weighted by Crippen LogP contribution is -2.03. The summed E-state index contributed by atoms with van der Waals surface area (Å²) in [5.74, 6) is -1.11. The summed E-state index contributed by atoms with van der Waals surface area (Å²) in [7, 11) is 1.64. The largest absolute Gasteiger partial charge is 0.507 e. The zero-order valence-corrected chi connectivity index (χ0v) is 18.8. The maximum absolute atomic E-state index is 12.7. The Hall–Kier alpha value is -4.29. The first-order chi connectivity index (χ1) is 16.3. The van der Waals surface area contributed by atoms with Crippen molar-refractivity contribution in [2.24, 2.45) is 7.05 Å². The van der Waals surface area contributed by atoms with Crippen molar-refractivity contribution in [2.45, 2.75) is 0 Å². The number of hydrogen-bond donors (Lipinski definition) is 3. The average Bonchev–Trinajstić information content (AvgIpc) is 3.32. The molecule has 4 aromatic rings. The fraction of sp³-hybridized carbons (Fsp3) is 0.0370. The summed E-state index contributed by atoms with van der Waals surface area (Å²) in [5.41, 5.74) is 5.69. The molecule has 1 aromatic heterocycles. The van der Waals surface area contributed by atoms with Crippen LogP contribution in [0.15, 0.2) is 72.9 Å². The fourth-order valence-electron chi connectivity index (χ4n) is 4.17. The number of benzene rings is 3. The van der Waals surface area contributed by atoms with Gasteiger partial charge in [0.2, 0.25) is 0 Å². The SMILES string of the molecule is Cn1cc(/C=C2\C(=O)Nc3cc(Cl)c(-c4ccc(-c5ccccc5O)cc4)cc32)cc1C(=O)O. The molecule has 34 heavy (non-hydrogen) atoms. The smallest absolute Gasteiger partial charge is 0.352 e. The Bertz CT molecular complexity index is 1500. The van der Waals surface area contributed by atoms with Crippen LogP contribution in [0.25, 0.3) is 33.9 Å². The zero-order valence-electron chi connectivity index (χ0n) is 18.0.